The Morgan fingerprint density at radius 1 is 1.07 bits per heavy atom. The average molecular weight is 416 g/mol. The van der Waals surface area contributed by atoms with Gasteiger partial charge in [0.2, 0.25) is 0 Å². The van der Waals surface area contributed by atoms with Crippen molar-refractivity contribution in [2.75, 3.05) is 45.9 Å². The lowest BCUT2D eigenvalue weighted by atomic mass is 10.2. The molecule has 1 aromatic heterocycles. The topological polar surface area (TPSA) is 61.9 Å². The van der Waals surface area contributed by atoms with E-state index in [2.05, 4.69) is 17.1 Å². The van der Waals surface area contributed by atoms with Gasteiger partial charge in [0, 0.05) is 50.2 Å². The Labute approximate surface area is 176 Å². The van der Waals surface area contributed by atoms with Crippen molar-refractivity contribution in [2.45, 2.75) is 19.8 Å². The van der Waals surface area contributed by atoms with E-state index in [9.17, 15) is 9.59 Å². The highest BCUT2D eigenvalue weighted by Gasteiger charge is 2.22. The van der Waals surface area contributed by atoms with Crippen LogP contribution in [0.15, 0.2) is 41.1 Å². The highest BCUT2D eigenvalue weighted by atomic mass is 32.1. The summed E-state index contributed by atoms with van der Waals surface area (Å²) in [6, 6.07) is 9.15. The molecule has 2 heterocycles. The fourth-order valence-electron chi connectivity index (χ4n) is 3.21. The first-order chi connectivity index (χ1) is 14.2. The van der Waals surface area contributed by atoms with E-state index in [1.54, 1.807) is 23.5 Å². The fraction of sp³-hybridized carbons (Fsp3) is 0.455. The largest absolute Gasteiger partial charge is 0.494 e. The van der Waals surface area contributed by atoms with E-state index < -0.39 is 0 Å². The Morgan fingerprint density at radius 3 is 2.48 bits per heavy atom. The van der Waals surface area contributed by atoms with Gasteiger partial charge in [0.15, 0.2) is 0 Å². The summed E-state index contributed by atoms with van der Waals surface area (Å²) in [5.41, 5.74) is 1.41. The molecule has 156 valence electrons. The lowest BCUT2D eigenvalue weighted by Gasteiger charge is -2.34. The van der Waals surface area contributed by atoms with Crippen LogP contribution in [0.4, 0.5) is 0 Å². The molecule has 7 heteroatoms. The lowest BCUT2D eigenvalue weighted by molar-refractivity contribution is 0.0638. The molecule has 0 saturated carbocycles. The summed E-state index contributed by atoms with van der Waals surface area (Å²) in [6.07, 6.45) is 2.12. The molecule has 0 atom stereocenters. The van der Waals surface area contributed by atoms with Crippen molar-refractivity contribution in [3.63, 3.8) is 0 Å². The maximum atomic E-state index is 12.4. The first kappa shape index (κ1) is 21.3. The van der Waals surface area contributed by atoms with E-state index in [0.717, 1.165) is 56.9 Å². The Kier molecular flexibility index (Phi) is 8.07. The third-order valence-corrected chi connectivity index (χ3v) is 5.71. The van der Waals surface area contributed by atoms with E-state index >= 15 is 0 Å². The van der Waals surface area contributed by atoms with Crippen molar-refractivity contribution in [1.29, 1.82) is 0 Å². The number of thiophene rings is 1. The first-order valence-corrected chi connectivity index (χ1v) is 11.2. The van der Waals surface area contributed by atoms with Crippen LogP contribution in [0.3, 0.4) is 0 Å². The summed E-state index contributed by atoms with van der Waals surface area (Å²) < 4.78 is 5.62. The summed E-state index contributed by atoms with van der Waals surface area (Å²) in [5.74, 6) is 0.836. The van der Waals surface area contributed by atoms with Crippen LogP contribution in [0.5, 0.6) is 5.75 Å². The minimum absolute atomic E-state index is 0.0728. The molecule has 2 aromatic rings. The summed E-state index contributed by atoms with van der Waals surface area (Å²) in [5, 5.41) is 6.80. The second kappa shape index (κ2) is 11.0. The number of rotatable bonds is 9. The van der Waals surface area contributed by atoms with Crippen LogP contribution in [-0.4, -0.2) is 67.5 Å². The van der Waals surface area contributed by atoms with Crippen molar-refractivity contribution < 1.29 is 14.3 Å². The molecule has 0 bridgehead atoms. The van der Waals surface area contributed by atoms with Gasteiger partial charge in [0.1, 0.15) is 5.75 Å². The third kappa shape index (κ3) is 6.30. The number of benzene rings is 1. The molecular weight excluding hydrogens is 386 g/mol. The average Bonchev–Trinajstić information content (AvgIpc) is 3.29. The summed E-state index contributed by atoms with van der Waals surface area (Å²) in [7, 11) is 0. The molecule has 1 N–H and O–H groups in total. The van der Waals surface area contributed by atoms with Crippen LogP contribution >= 0.6 is 11.3 Å². The molecule has 0 spiro atoms. The van der Waals surface area contributed by atoms with Crippen molar-refractivity contribution in [2.24, 2.45) is 0 Å². The van der Waals surface area contributed by atoms with Crippen molar-refractivity contribution in [1.82, 2.24) is 15.1 Å². The number of piperazine rings is 1. The van der Waals surface area contributed by atoms with Crippen LogP contribution in [0, 0.1) is 0 Å². The van der Waals surface area contributed by atoms with Gasteiger partial charge in [-0.1, -0.05) is 13.3 Å². The molecule has 3 rings (SSSR count). The number of carbonyl (C=O) groups excluding carboxylic acids is 2. The highest BCUT2D eigenvalue weighted by Crippen LogP contribution is 2.13. The van der Waals surface area contributed by atoms with Gasteiger partial charge in [-0.3, -0.25) is 14.5 Å². The second-order valence-electron chi connectivity index (χ2n) is 7.13. The maximum Gasteiger partial charge on any atom is 0.254 e. The van der Waals surface area contributed by atoms with Gasteiger partial charge in [-0.25, -0.2) is 0 Å². The standard InChI is InChI=1S/C22H29N3O3S/c1-2-3-15-28-20-6-4-18(5-7-20)21(26)23-9-10-24-11-13-25(14-12-24)22(27)19-8-16-29-17-19/h4-8,16-17H,2-3,9-15H2,1H3,(H,23,26). The number of nitrogens with zero attached hydrogens (tertiary/aromatic N) is 2. The van der Waals surface area contributed by atoms with Gasteiger partial charge in [0.25, 0.3) is 11.8 Å². The molecule has 1 saturated heterocycles. The number of carbonyl (C=O) groups is 2. The monoisotopic (exact) mass is 415 g/mol. The number of hydrogen-bond acceptors (Lipinski definition) is 5. The van der Waals surface area contributed by atoms with Crippen LogP contribution < -0.4 is 10.1 Å². The molecule has 0 unspecified atom stereocenters. The number of amides is 2. The van der Waals surface area contributed by atoms with Crippen LogP contribution in [0.25, 0.3) is 0 Å². The summed E-state index contributed by atoms with van der Waals surface area (Å²) in [4.78, 5) is 28.9. The third-order valence-electron chi connectivity index (χ3n) is 5.02. The van der Waals surface area contributed by atoms with Gasteiger partial charge >= 0.3 is 0 Å². The number of unbranched alkanes of at least 4 members (excludes halogenated alkanes) is 1. The van der Waals surface area contributed by atoms with Crippen LogP contribution in [0.2, 0.25) is 0 Å². The van der Waals surface area contributed by atoms with Gasteiger partial charge in [-0.05, 0) is 42.1 Å². The Balaban J connectivity index is 1.35. The maximum absolute atomic E-state index is 12.4. The molecule has 2 amide bonds. The van der Waals surface area contributed by atoms with Gasteiger partial charge < -0.3 is 15.0 Å². The molecule has 1 fully saturated rings. The predicted octanol–water partition coefficient (Wildman–Crippen LogP) is 3.11. The quantitative estimate of drug-likeness (QED) is 0.640. The van der Waals surface area contributed by atoms with E-state index in [1.807, 2.05) is 33.9 Å². The molecule has 1 aromatic carbocycles. The molecule has 1 aliphatic heterocycles. The Morgan fingerprint density at radius 2 is 1.83 bits per heavy atom. The zero-order valence-electron chi connectivity index (χ0n) is 16.9. The van der Waals surface area contributed by atoms with Crippen molar-refractivity contribution in [3.05, 3.63) is 52.2 Å². The van der Waals surface area contributed by atoms with E-state index in [4.69, 9.17) is 4.74 Å². The molecule has 0 aliphatic carbocycles. The van der Waals surface area contributed by atoms with Crippen molar-refractivity contribution >= 4 is 23.2 Å². The number of nitrogens with one attached hydrogen (secondary N) is 1. The Hall–Kier alpha value is -2.38. The number of hydrogen-bond donors (Lipinski definition) is 1. The zero-order chi connectivity index (χ0) is 20.5. The Bertz CT molecular complexity index is 769. The number of ether oxygens (including phenoxy) is 1. The fourth-order valence-corrected chi connectivity index (χ4v) is 3.84. The summed E-state index contributed by atoms with van der Waals surface area (Å²) in [6.45, 7) is 7.31. The molecule has 6 nitrogen and oxygen atoms in total. The second-order valence-corrected chi connectivity index (χ2v) is 7.91. The highest BCUT2D eigenvalue weighted by molar-refractivity contribution is 7.08. The van der Waals surface area contributed by atoms with E-state index in [0.29, 0.717) is 18.7 Å². The lowest BCUT2D eigenvalue weighted by Crippen LogP contribution is -2.50. The van der Waals surface area contributed by atoms with E-state index in [1.165, 1.54) is 0 Å². The molecule has 29 heavy (non-hydrogen) atoms. The van der Waals surface area contributed by atoms with Gasteiger partial charge in [-0.2, -0.15) is 11.3 Å². The van der Waals surface area contributed by atoms with Gasteiger partial charge in [-0.15, -0.1) is 0 Å². The van der Waals surface area contributed by atoms with Gasteiger partial charge in [0.05, 0.1) is 12.2 Å². The molecular formula is C22H29N3O3S. The minimum atomic E-state index is -0.0728. The van der Waals surface area contributed by atoms with E-state index in [-0.39, 0.29) is 11.8 Å². The molecule has 0 radical (unpaired) electrons. The van der Waals surface area contributed by atoms with Crippen LogP contribution in [-0.2, 0) is 0 Å². The van der Waals surface area contributed by atoms with Crippen molar-refractivity contribution in [3.8, 4) is 5.75 Å². The SMILES string of the molecule is CCCCOc1ccc(C(=O)NCCN2CCN(C(=O)c3ccsc3)CC2)cc1. The summed E-state index contributed by atoms with van der Waals surface area (Å²) >= 11 is 1.54. The molecule has 1 aliphatic rings. The minimum Gasteiger partial charge on any atom is -0.494 e. The smallest absolute Gasteiger partial charge is 0.254 e. The normalized spacial score (nSPS) is 14.6. The van der Waals surface area contributed by atoms with Crippen LogP contribution in [0.1, 0.15) is 40.5 Å². The first-order valence-electron chi connectivity index (χ1n) is 10.2. The zero-order valence-corrected chi connectivity index (χ0v) is 17.7. The predicted molar refractivity (Wildman–Crippen MR) is 116 cm³/mol.